The Morgan fingerprint density at radius 2 is 1.73 bits per heavy atom. The maximum absolute atomic E-state index is 16.0. The van der Waals surface area contributed by atoms with Gasteiger partial charge >= 0.3 is 6.09 Å². The molecule has 246 valence electrons. The molecule has 2 aromatic rings. The molecule has 11 heteroatoms. The quantitative estimate of drug-likeness (QED) is 0.401. The monoisotopic (exact) mass is 628 g/mol. The van der Waals surface area contributed by atoms with Gasteiger partial charge in [0.2, 0.25) is 11.8 Å². The molecule has 2 bridgehead atoms. The molecule has 1 saturated heterocycles. The van der Waals surface area contributed by atoms with Crippen LogP contribution in [-0.2, 0) is 20.2 Å². The summed E-state index contributed by atoms with van der Waals surface area (Å²) >= 11 is 0. The van der Waals surface area contributed by atoms with Crippen LogP contribution < -0.4 is 10.1 Å². The number of hydrogen-bond acceptors (Lipinski definition) is 7. The molecule has 0 spiro atoms. The highest BCUT2D eigenvalue weighted by molar-refractivity contribution is 5.92. The average molecular weight is 629 g/mol. The molecule has 1 N–H and O–H groups in total. The Morgan fingerprint density at radius 3 is 2.38 bits per heavy atom. The molecule has 1 aliphatic carbocycles. The minimum absolute atomic E-state index is 0.00523. The van der Waals surface area contributed by atoms with Crippen LogP contribution in [-0.4, -0.2) is 63.0 Å². The van der Waals surface area contributed by atoms with E-state index < -0.39 is 65.2 Å². The summed E-state index contributed by atoms with van der Waals surface area (Å²) in [6.45, 7) is 10.7. The number of hydrogen-bond donors (Lipinski definition) is 1. The third-order valence-corrected chi connectivity index (χ3v) is 10.00. The number of rotatable bonds is 2. The van der Waals surface area contributed by atoms with Crippen LogP contribution in [0.4, 0.5) is 13.6 Å². The average Bonchev–Trinajstić information content (AvgIpc) is 3.51. The number of carbonyl (C=O) groups excluding carboxylic acids is 3. The minimum Gasteiger partial charge on any atom is -0.471 e. The van der Waals surface area contributed by atoms with E-state index in [1.807, 2.05) is 34.6 Å². The van der Waals surface area contributed by atoms with E-state index in [1.165, 1.54) is 11.8 Å². The summed E-state index contributed by atoms with van der Waals surface area (Å²) in [5.74, 6) is -4.80. The van der Waals surface area contributed by atoms with Crippen LogP contribution in [0.5, 0.6) is 5.88 Å². The van der Waals surface area contributed by atoms with E-state index in [4.69, 9.17) is 9.47 Å². The van der Waals surface area contributed by atoms with Crippen molar-refractivity contribution in [2.45, 2.75) is 123 Å². The fourth-order valence-electron chi connectivity index (χ4n) is 7.51. The molecule has 9 nitrogen and oxygen atoms in total. The van der Waals surface area contributed by atoms with Crippen molar-refractivity contribution in [1.29, 1.82) is 0 Å². The maximum Gasteiger partial charge on any atom is 0.408 e. The van der Waals surface area contributed by atoms with Crippen molar-refractivity contribution < 1.29 is 32.6 Å². The summed E-state index contributed by atoms with van der Waals surface area (Å²) in [4.78, 5) is 51.1. The van der Waals surface area contributed by atoms with Gasteiger partial charge in [-0.2, -0.15) is 8.78 Å². The van der Waals surface area contributed by atoms with Crippen molar-refractivity contribution in [2.75, 3.05) is 6.54 Å². The first-order valence-electron chi connectivity index (χ1n) is 16.3. The summed E-state index contributed by atoms with van der Waals surface area (Å²) in [6, 6.07) is 4.92. The first-order chi connectivity index (χ1) is 21.1. The molecule has 5 rings (SSSR count). The number of nitrogens with zero attached hydrogens (tertiary/aromatic N) is 3. The molecule has 2 aliphatic heterocycles. The lowest BCUT2D eigenvalue weighted by molar-refractivity contribution is -0.141. The molecule has 1 saturated carbocycles. The topological polar surface area (TPSA) is 111 Å². The van der Waals surface area contributed by atoms with E-state index in [9.17, 15) is 14.4 Å². The zero-order valence-corrected chi connectivity index (χ0v) is 27.2. The van der Waals surface area contributed by atoms with Crippen molar-refractivity contribution in [3.05, 3.63) is 30.0 Å². The Balaban J connectivity index is 1.60. The zero-order valence-electron chi connectivity index (χ0n) is 27.2. The third kappa shape index (κ3) is 6.63. The van der Waals surface area contributed by atoms with E-state index in [2.05, 4.69) is 15.3 Å². The number of Topliss-reactive ketones (excluding diaryl/α,β-unsaturated/α-hetero) is 1. The summed E-state index contributed by atoms with van der Waals surface area (Å²) in [5.41, 5.74) is -1.29. The number of benzene rings is 1. The number of nitrogens with one attached hydrogen (secondary N) is 1. The first-order valence-corrected chi connectivity index (χ1v) is 16.3. The molecule has 6 atom stereocenters. The molecule has 2 fully saturated rings. The van der Waals surface area contributed by atoms with E-state index >= 15 is 8.78 Å². The standard InChI is InChI=1S/C34H46F2N4O5/c1-7-22-25-19-40(26(22)20(2)41)30(42)28(32(3,4)5)39-31(43)45-33(6)17-12-14-21(33)13-10-11-18-34(35,36)27-29(44-25)38-24-16-9-8-15-23(24)37-27/h8-9,15-16,21-22,25-26,28H,7,10-14,17-19H2,1-6H3,(H,39,43)/t21-,22-,25+,26-,28-,33-/m1/s1. The number of fused-ring (bicyclic) bond motifs is 5. The number of ether oxygens (including phenoxy) is 2. The second-order valence-corrected chi connectivity index (χ2v) is 14.3. The molecule has 3 aliphatic rings. The van der Waals surface area contributed by atoms with Crippen LogP contribution in [0.2, 0.25) is 0 Å². The van der Waals surface area contributed by atoms with Crippen LogP contribution in [0.15, 0.2) is 24.3 Å². The molecule has 2 amide bonds. The highest BCUT2D eigenvalue weighted by Gasteiger charge is 2.51. The number of alkyl halides is 2. The Kier molecular flexibility index (Phi) is 9.12. The van der Waals surface area contributed by atoms with Crippen molar-refractivity contribution in [3.8, 4) is 5.88 Å². The SMILES string of the molecule is CC[C@@H]1[C@@H]2CN(C(=O)[C@H](C(C)(C)C)NC(=O)O[C@]3(C)CCC[C@H]3CCCCC(F)(F)c3nc4ccccc4nc3O2)[C@@H]1C(C)=O. The lowest BCUT2D eigenvalue weighted by Crippen LogP contribution is -2.58. The molecular formula is C34H46F2N4O5. The smallest absolute Gasteiger partial charge is 0.408 e. The Hall–Kier alpha value is -3.37. The van der Waals surface area contributed by atoms with Crippen molar-refractivity contribution in [3.63, 3.8) is 0 Å². The van der Waals surface area contributed by atoms with Gasteiger partial charge in [-0.05, 0) is 75.8 Å². The minimum atomic E-state index is -3.33. The molecule has 0 unspecified atom stereocenters. The van der Waals surface area contributed by atoms with Gasteiger partial charge in [0.15, 0.2) is 11.5 Å². The van der Waals surface area contributed by atoms with E-state index in [0.717, 1.165) is 12.8 Å². The predicted octanol–water partition coefficient (Wildman–Crippen LogP) is 6.57. The largest absolute Gasteiger partial charge is 0.471 e. The predicted molar refractivity (Wildman–Crippen MR) is 165 cm³/mol. The van der Waals surface area contributed by atoms with E-state index in [1.54, 1.807) is 24.3 Å². The molecule has 1 aromatic heterocycles. The lowest BCUT2D eigenvalue weighted by atomic mass is 9.85. The fourth-order valence-corrected chi connectivity index (χ4v) is 7.51. The van der Waals surface area contributed by atoms with Crippen LogP contribution in [0, 0.1) is 17.3 Å². The summed E-state index contributed by atoms with van der Waals surface area (Å²) in [6.07, 6.45) is 2.22. The lowest BCUT2D eigenvalue weighted by Gasteiger charge is -2.37. The van der Waals surface area contributed by atoms with Crippen LogP contribution >= 0.6 is 0 Å². The summed E-state index contributed by atoms with van der Waals surface area (Å²) in [5, 5.41) is 2.84. The summed E-state index contributed by atoms with van der Waals surface area (Å²) < 4.78 is 44.4. The molecule has 45 heavy (non-hydrogen) atoms. The normalized spacial score (nSPS) is 31.2. The second-order valence-electron chi connectivity index (χ2n) is 14.3. The van der Waals surface area contributed by atoms with Gasteiger partial charge in [0.05, 0.1) is 23.6 Å². The van der Waals surface area contributed by atoms with Gasteiger partial charge in [0.1, 0.15) is 17.7 Å². The number of para-hydroxylation sites is 2. The van der Waals surface area contributed by atoms with E-state index in [-0.39, 0.29) is 30.5 Å². The van der Waals surface area contributed by atoms with Gasteiger partial charge in [0.25, 0.3) is 5.92 Å². The van der Waals surface area contributed by atoms with Crippen LogP contribution in [0.1, 0.15) is 98.6 Å². The number of halogens is 2. The second kappa shape index (κ2) is 12.4. The van der Waals surface area contributed by atoms with Gasteiger partial charge in [0, 0.05) is 12.3 Å². The number of carbonyl (C=O) groups is 3. The number of amides is 2. The van der Waals surface area contributed by atoms with Crippen molar-refractivity contribution >= 4 is 28.8 Å². The Bertz CT molecular complexity index is 1450. The van der Waals surface area contributed by atoms with Gasteiger partial charge in [-0.25, -0.2) is 14.8 Å². The first kappa shape index (κ1) is 33.0. The third-order valence-electron chi connectivity index (χ3n) is 10.00. The summed E-state index contributed by atoms with van der Waals surface area (Å²) in [7, 11) is 0. The number of aromatic nitrogens is 2. The molecular weight excluding hydrogens is 582 g/mol. The highest BCUT2D eigenvalue weighted by atomic mass is 19.3. The molecule has 1 aromatic carbocycles. The number of alkyl carbamates (subject to hydrolysis) is 1. The van der Waals surface area contributed by atoms with Gasteiger partial charge in [-0.1, -0.05) is 46.2 Å². The van der Waals surface area contributed by atoms with E-state index in [0.29, 0.717) is 36.7 Å². The number of ketones is 1. The molecule has 0 radical (unpaired) electrons. The maximum atomic E-state index is 16.0. The van der Waals surface area contributed by atoms with Crippen LogP contribution in [0.25, 0.3) is 11.0 Å². The van der Waals surface area contributed by atoms with Crippen molar-refractivity contribution in [2.24, 2.45) is 17.3 Å². The van der Waals surface area contributed by atoms with Crippen LogP contribution in [0.3, 0.4) is 0 Å². The Morgan fingerprint density at radius 1 is 1.07 bits per heavy atom. The van der Waals surface area contributed by atoms with Gasteiger partial charge in [-0.15, -0.1) is 0 Å². The highest BCUT2D eigenvalue weighted by Crippen LogP contribution is 2.44. The Labute approximate surface area is 263 Å². The van der Waals surface area contributed by atoms with Gasteiger partial charge in [-0.3, -0.25) is 9.59 Å². The van der Waals surface area contributed by atoms with Crippen molar-refractivity contribution in [1.82, 2.24) is 20.2 Å². The zero-order chi connectivity index (χ0) is 32.7. The van der Waals surface area contributed by atoms with Gasteiger partial charge < -0.3 is 19.7 Å². The molecule has 3 heterocycles. The fraction of sp³-hybridized carbons (Fsp3) is 0.676.